The highest BCUT2D eigenvalue weighted by atomic mass is 33.1. The molecule has 0 fully saturated rings. The van der Waals surface area contributed by atoms with Gasteiger partial charge in [-0.05, 0) is 20.8 Å². The maximum atomic E-state index is 11.5. The Balaban J connectivity index is 4.18. The zero-order valence-electron chi connectivity index (χ0n) is 12.0. The van der Waals surface area contributed by atoms with E-state index in [0.29, 0.717) is 0 Å². The molecule has 0 spiro atoms. The molecule has 0 bridgehead atoms. The van der Waals surface area contributed by atoms with Gasteiger partial charge in [0.2, 0.25) is 0 Å². The van der Waals surface area contributed by atoms with Crippen molar-refractivity contribution >= 4 is 39.6 Å². The fourth-order valence-corrected chi connectivity index (χ4v) is 3.20. The second-order valence-corrected chi connectivity index (χ2v) is 7.60. The first-order chi connectivity index (χ1) is 9.53. The molecule has 0 saturated carbocycles. The summed E-state index contributed by atoms with van der Waals surface area (Å²) in [5.74, 6) is -2.12. The topological polar surface area (TPSA) is 139 Å². The lowest BCUT2D eigenvalue weighted by atomic mass is 10.2. The number of nitrogens with one attached hydrogen (secondary N) is 1. The van der Waals surface area contributed by atoms with Crippen molar-refractivity contribution in [3.05, 3.63) is 0 Å². The Labute approximate surface area is 130 Å². The number of carbonyl (C=O) groups excluding carboxylic acids is 1. The lowest BCUT2D eigenvalue weighted by Gasteiger charge is -2.21. The van der Waals surface area contributed by atoms with Crippen molar-refractivity contribution in [1.82, 2.24) is 5.32 Å². The van der Waals surface area contributed by atoms with Crippen molar-refractivity contribution in [1.29, 1.82) is 0 Å². The van der Waals surface area contributed by atoms with Crippen molar-refractivity contribution in [2.75, 3.05) is 11.5 Å². The van der Waals surface area contributed by atoms with E-state index in [1.807, 2.05) is 0 Å². The number of carboxylic acids is 2. The smallest absolute Gasteiger partial charge is 0.408 e. The molecule has 0 rings (SSSR count). The van der Waals surface area contributed by atoms with E-state index in [2.05, 4.69) is 5.32 Å². The van der Waals surface area contributed by atoms with Crippen molar-refractivity contribution in [3.8, 4) is 0 Å². The Kier molecular flexibility index (Phi) is 8.52. The molecule has 5 N–H and O–H groups in total. The van der Waals surface area contributed by atoms with E-state index >= 15 is 0 Å². The number of hydrogen-bond donors (Lipinski definition) is 4. The number of rotatable bonds is 8. The van der Waals surface area contributed by atoms with Crippen LogP contribution in [-0.4, -0.2) is 57.4 Å². The number of alkyl carbamates (subject to hydrolysis) is 1. The van der Waals surface area contributed by atoms with Crippen LogP contribution in [0.5, 0.6) is 0 Å². The maximum absolute atomic E-state index is 11.5. The van der Waals surface area contributed by atoms with Gasteiger partial charge in [0.25, 0.3) is 0 Å². The first kappa shape index (κ1) is 19.9. The maximum Gasteiger partial charge on any atom is 0.408 e. The summed E-state index contributed by atoms with van der Waals surface area (Å²) in [6, 6.07) is -2.14. The summed E-state index contributed by atoms with van der Waals surface area (Å²) in [7, 11) is 2.25. The van der Waals surface area contributed by atoms with E-state index in [1.165, 1.54) is 0 Å². The van der Waals surface area contributed by atoms with Crippen LogP contribution in [0, 0.1) is 0 Å². The minimum Gasteiger partial charge on any atom is -0.480 e. The molecular weight excluding hydrogens is 320 g/mol. The zero-order chi connectivity index (χ0) is 16.6. The van der Waals surface area contributed by atoms with Crippen LogP contribution in [0.3, 0.4) is 0 Å². The Morgan fingerprint density at radius 1 is 1.14 bits per heavy atom. The molecule has 0 aromatic carbocycles. The van der Waals surface area contributed by atoms with Gasteiger partial charge in [-0.3, -0.25) is 4.79 Å². The van der Waals surface area contributed by atoms with E-state index < -0.39 is 35.7 Å². The molecule has 0 aliphatic carbocycles. The standard InChI is InChI=1S/C11H20N2O6S2/c1-11(2,3)19-10(18)13-7(9(16)17)5-21-20-4-6(12)8(14)15/h6-7H,4-5,12H2,1-3H3,(H,13,18)(H,14,15)(H,16,17). The number of nitrogens with two attached hydrogens (primary N) is 1. The van der Waals surface area contributed by atoms with Crippen molar-refractivity contribution < 1.29 is 29.3 Å². The van der Waals surface area contributed by atoms with Crippen LogP contribution in [0.2, 0.25) is 0 Å². The van der Waals surface area contributed by atoms with Gasteiger partial charge in [0.1, 0.15) is 17.7 Å². The molecular formula is C11H20N2O6S2. The first-order valence-electron chi connectivity index (χ1n) is 5.98. The number of hydrogen-bond acceptors (Lipinski definition) is 7. The summed E-state index contributed by atoms with van der Waals surface area (Å²) in [4.78, 5) is 33.0. The molecule has 0 radical (unpaired) electrons. The minimum absolute atomic E-state index is 0.0611. The number of aliphatic carboxylic acids is 2. The number of carboxylic acid groups (broad SMARTS) is 2. The molecule has 0 aliphatic heterocycles. The van der Waals surface area contributed by atoms with E-state index in [-0.39, 0.29) is 11.5 Å². The van der Waals surface area contributed by atoms with Crippen LogP contribution in [0.1, 0.15) is 20.8 Å². The summed E-state index contributed by atoms with van der Waals surface area (Å²) >= 11 is 0. The van der Waals surface area contributed by atoms with E-state index in [4.69, 9.17) is 20.7 Å². The average Bonchev–Trinajstić information content (AvgIpc) is 2.29. The Morgan fingerprint density at radius 2 is 1.67 bits per heavy atom. The SMILES string of the molecule is CC(C)(C)OC(=O)NC(CSSCC(N)C(=O)O)C(=O)O. The van der Waals surface area contributed by atoms with Gasteiger partial charge in [0.15, 0.2) is 0 Å². The van der Waals surface area contributed by atoms with Crippen molar-refractivity contribution in [3.63, 3.8) is 0 Å². The summed E-state index contributed by atoms with van der Waals surface area (Å²) in [6.45, 7) is 5.00. The van der Waals surface area contributed by atoms with Crippen LogP contribution in [0.25, 0.3) is 0 Å². The Morgan fingerprint density at radius 3 is 2.10 bits per heavy atom. The number of carbonyl (C=O) groups is 3. The first-order valence-corrected chi connectivity index (χ1v) is 8.47. The van der Waals surface area contributed by atoms with E-state index in [0.717, 1.165) is 21.6 Å². The number of ether oxygens (including phenoxy) is 1. The van der Waals surface area contributed by atoms with Crippen LogP contribution >= 0.6 is 21.6 Å². The highest BCUT2D eigenvalue weighted by Gasteiger charge is 2.24. The fraction of sp³-hybridized carbons (Fsp3) is 0.727. The zero-order valence-corrected chi connectivity index (χ0v) is 13.6. The molecule has 0 aliphatic rings. The Bertz CT molecular complexity index is 385. The van der Waals surface area contributed by atoms with Crippen molar-refractivity contribution in [2.45, 2.75) is 38.5 Å². The average molecular weight is 340 g/mol. The molecule has 0 heterocycles. The number of amides is 1. The van der Waals surface area contributed by atoms with E-state index in [9.17, 15) is 14.4 Å². The summed E-state index contributed by atoms with van der Waals surface area (Å²) in [5.41, 5.74) is 4.58. The Hall–Kier alpha value is -1.13. The third kappa shape index (κ3) is 10.3. The van der Waals surface area contributed by atoms with Gasteiger partial charge in [0, 0.05) is 11.5 Å². The molecule has 8 nitrogen and oxygen atoms in total. The third-order valence-electron chi connectivity index (χ3n) is 1.87. The molecule has 0 aromatic heterocycles. The quantitative estimate of drug-likeness (QED) is 0.372. The fourth-order valence-electron chi connectivity index (χ4n) is 0.933. The molecule has 122 valence electrons. The van der Waals surface area contributed by atoms with Crippen LogP contribution in [0.4, 0.5) is 4.79 Å². The monoisotopic (exact) mass is 340 g/mol. The third-order valence-corrected chi connectivity index (χ3v) is 4.32. The lowest BCUT2D eigenvalue weighted by Crippen LogP contribution is -2.44. The minimum atomic E-state index is -1.20. The van der Waals surface area contributed by atoms with Gasteiger partial charge in [-0.1, -0.05) is 21.6 Å². The summed E-state index contributed by atoms with van der Waals surface area (Å²) in [5, 5.41) is 19.8. The summed E-state index contributed by atoms with van der Waals surface area (Å²) < 4.78 is 4.97. The predicted octanol–water partition coefficient (Wildman–Crippen LogP) is 0.758. The van der Waals surface area contributed by atoms with Gasteiger partial charge in [0.05, 0.1) is 0 Å². The molecule has 1 amide bonds. The van der Waals surface area contributed by atoms with Crippen LogP contribution in [0.15, 0.2) is 0 Å². The van der Waals surface area contributed by atoms with Gasteiger partial charge < -0.3 is 26.0 Å². The molecule has 0 aromatic rings. The van der Waals surface area contributed by atoms with Crippen LogP contribution < -0.4 is 11.1 Å². The second-order valence-electron chi connectivity index (χ2n) is 5.05. The van der Waals surface area contributed by atoms with Gasteiger partial charge >= 0.3 is 18.0 Å². The second kappa shape index (κ2) is 9.00. The predicted molar refractivity (Wildman–Crippen MR) is 81.3 cm³/mol. The van der Waals surface area contributed by atoms with Gasteiger partial charge in [-0.25, -0.2) is 9.59 Å². The molecule has 10 heteroatoms. The van der Waals surface area contributed by atoms with E-state index in [1.54, 1.807) is 20.8 Å². The highest BCUT2D eigenvalue weighted by Crippen LogP contribution is 2.22. The normalized spacial score (nSPS) is 14.1. The molecule has 21 heavy (non-hydrogen) atoms. The van der Waals surface area contributed by atoms with Gasteiger partial charge in [-0.15, -0.1) is 0 Å². The van der Waals surface area contributed by atoms with Crippen LogP contribution in [-0.2, 0) is 14.3 Å². The molecule has 0 saturated heterocycles. The largest absolute Gasteiger partial charge is 0.480 e. The molecule has 2 unspecified atom stereocenters. The lowest BCUT2D eigenvalue weighted by molar-refractivity contribution is -0.139. The summed E-state index contributed by atoms with van der Waals surface area (Å²) in [6.07, 6.45) is -0.817. The molecule has 2 atom stereocenters. The highest BCUT2D eigenvalue weighted by molar-refractivity contribution is 8.76. The van der Waals surface area contributed by atoms with Crippen molar-refractivity contribution in [2.24, 2.45) is 5.73 Å². The van der Waals surface area contributed by atoms with Gasteiger partial charge in [-0.2, -0.15) is 0 Å².